The molecule has 0 bridgehead atoms. The molecule has 7 heteroatoms. The van der Waals surface area contributed by atoms with E-state index in [1.807, 2.05) is 31.0 Å². The van der Waals surface area contributed by atoms with Gasteiger partial charge in [-0.15, -0.1) is 0 Å². The normalized spacial score (nSPS) is 17.6. The predicted molar refractivity (Wildman–Crippen MR) is 98.9 cm³/mol. The molecule has 24 heavy (non-hydrogen) atoms. The third kappa shape index (κ3) is 5.52. The number of nitrogens with zero attached hydrogens (tertiary/aromatic N) is 2. The standard InChI is InChI=1S/C17H25Cl2N3O2/c1-3-20-16(21-12-17(23)6-8-24-9-7-17)22(2)11-13-4-5-14(18)15(19)10-13/h4-5,10,23H,3,6-9,11-12H2,1-2H3,(H,20,21). The number of hydrogen-bond donors (Lipinski definition) is 2. The Bertz CT molecular complexity index is 575. The average molecular weight is 374 g/mol. The molecule has 1 aliphatic rings. The van der Waals surface area contributed by atoms with Gasteiger partial charge < -0.3 is 20.1 Å². The van der Waals surface area contributed by atoms with Crippen LogP contribution in [0.5, 0.6) is 0 Å². The molecule has 0 amide bonds. The Hall–Kier alpha value is -1.01. The highest BCUT2D eigenvalue weighted by Crippen LogP contribution is 2.23. The first-order valence-corrected chi connectivity index (χ1v) is 8.92. The van der Waals surface area contributed by atoms with Crippen LogP contribution in [0.4, 0.5) is 0 Å². The van der Waals surface area contributed by atoms with Gasteiger partial charge in [0.2, 0.25) is 0 Å². The van der Waals surface area contributed by atoms with E-state index in [1.54, 1.807) is 6.07 Å². The second-order valence-corrected chi connectivity index (χ2v) is 6.93. The molecule has 5 nitrogen and oxygen atoms in total. The lowest BCUT2D eigenvalue weighted by molar-refractivity contribution is -0.0566. The highest BCUT2D eigenvalue weighted by molar-refractivity contribution is 6.42. The summed E-state index contributed by atoms with van der Waals surface area (Å²) in [4.78, 5) is 6.62. The maximum atomic E-state index is 10.6. The topological polar surface area (TPSA) is 57.1 Å². The van der Waals surface area contributed by atoms with Crippen LogP contribution >= 0.6 is 23.2 Å². The largest absolute Gasteiger partial charge is 0.388 e. The first-order chi connectivity index (χ1) is 11.4. The predicted octanol–water partition coefficient (Wildman–Crippen LogP) is 2.93. The summed E-state index contributed by atoms with van der Waals surface area (Å²) in [5.74, 6) is 0.753. The van der Waals surface area contributed by atoms with Crippen molar-refractivity contribution >= 4 is 29.2 Å². The zero-order valence-corrected chi connectivity index (χ0v) is 15.7. The van der Waals surface area contributed by atoms with E-state index in [9.17, 15) is 5.11 Å². The van der Waals surface area contributed by atoms with Gasteiger partial charge in [0.1, 0.15) is 0 Å². The van der Waals surface area contributed by atoms with Crippen LogP contribution < -0.4 is 5.32 Å². The van der Waals surface area contributed by atoms with Gasteiger partial charge in [0, 0.05) is 46.2 Å². The Morgan fingerprint density at radius 2 is 2.04 bits per heavy atom. The maximum Gasteiger partial charge on any atom is 0.194 e. The summed E-state index contributed by atoms with van der Waals surface area (Å²) in [5, 5.41) is 14.9. The Balaban J connectivity index is 2.04. The minimum atomic E-state index is -0.774. The summed E-state index contributed by atoms with van der Waals surface area (Å²) < 4.78 is 5.31. The zero-order valence-electron chi connectivity index (χ0n) is 14.2. The van der Waals surface area contributed by atoms with Crippen molar-refractivity contribution in [1.82, 2.24) is 10.2 Å². The third-order valence-electron chi connectivity index (χ3n) is 4.05. The van der Waals surface area contributed by atoms with Crippen LogP contribution in [0.1, 0.15) is 25.3 Å². The molecule has 0 unspecified atom stereocenters. The SMILES string of the molecule is CCNC(=NCC1(O)CCOCC1)N(C)Cc1ccc(Cl)c(Cl)c1. The van der Waals surface area contributed by atoms with Gasteiger partial charge in [-0.25, -0.2) is 0 Å². The van der Waals surface area contributed by atoms with Crippen molar-refractivity contribution in [2.45, 2.75) is 31.9 Å². The molecular weight excluding hydrogens is 349 g/mol. The summed E-state index contributed by atoms with van der Waals surface area (Å²) in [6.07, 6.45) is 1.23. The van der Waals surface area contributed by atoms with Crippen LogP contribution in [-0.2, 0) is 11.3 Å². The quantitative estimate of drug-likeness (QED) is 0.615. The van der Waals surface area contributed by atoms with Crippen molar-refractivity contribution in [3.63, 3.8) is 0 Å². The molecular formula is C17H25Cl2N3O2. The molecule has 1 aliphatic heterocycles. The molecule has 1 aromatic carbocycles. The number of aliphatic imine (C=N–C) groups is 1. The fraction of sp³-hybridized carbons (Fsp3) is 0.588. The van der Waals surface area contributed by atoms with Crippen molar-refractivity contribution in [2.24, 2.45) is 4.99 Å². The van der Waals surface area contributed by atoms with Crippen molar-refractivity contribution in [2.75, 3.05) is 33.4 Å². The first-order valence-electron chi connectivity index (χ1n) is 8.17. The second-order valence-electron chi connectivity index (χ2n) is 6.11. The lowest BCUT2D eigenvalue weighted by atomic mass is 9.95. The number of hydrogen-bond acceptors (Lipinski definition) is 3. The molecule has 0 saturated carbocycles. The summed E-state index contributed by atoms with van der Waals surface area (Å²) in [7, 11) is 1.96. The molecule has 2 rings (SSSR count). The summed E-state index contributed by atoms with van der Waals surface area (Å²) in [5.41, 5.74) is 0.269. The summed E-state index contributed by atoms with van der Waals surface area (Å²) >= 11 is 12.0. The molecule has 1 aromatic rings. The van der Waals surface area contributed by atoms with Gasteiger partial charge in [-0.2, -0.15) is 0 Å². The summed E-state index contributed by atoms with van der Waals surface area (Å²) in [6, 6.07) is 5.60. The van der Waals surface area contributed by atoms with E-state index >= 15 is 0 Å². The minimum Gasteiger partial charge on any atom is -0.388 e. The van der Waals surface area contributed by atoms with Gasteiger partial charge in [0.15, 0.2) is 5.96 Å². The Morgan fingerprint density at radius 3 is 2.67 bits per heavy atom. The van der Waals surface area contributed by atoms with Gasteiger partial charge in [-0.1, -0.05) is 29.3 Å². The van der Waals surface area contributed by atoms with Crippen LogP contribution in [0.15, 0.2) is 23.2 Å². The van der Waals surface area contributed by atoms with Crippen molar-refractivity contribution in [3.8, 4) is 0 Å². The number of aliphatic hydroxyl groups is 1. The fourth-order valence-corrected chi connectivity index (χ4v) is 2.91. The number of nitrogens with one attached hydrogen (secondary N) is 1. The van der Waals surface area contributed by atoms with Gasteiger partial charge >= 0.3 is 0 Å². The average Bonchev–Trinajstić information content (AvgIpc) is 2.55. The number of benzene rings is 1. The highest BCUT2D eigenvalue weighted by Gasteiger charge is 2.29. The number of ether oxygens (including phenoxy) is 1. The Labute approximate surface area is 153 Å². The van der Waals surface area contributed by atoms with E-state index in [-0.39, 0.29) is 0 Å². The van der Waals surface area contributed by atoms with E-state index in [0.29, 0.717) is 49.2 Å². The molecule has 0 aromatic heterocycles. The number of guanidine groups is 1. The van der Waals surface area contributed by atoms with E-state index < -0.39 is 5.60 Å². The van der Waals surface area contributed by atoms with E-state index in [2.05, 4.69) is 10.3 Å². The zero-order chi connectivity index (χ0) is 17.6. The van der Waals surface area contributed by atoms with E-state index in [1.165, 1.54) is 0 Å². The fourth-order valence-electron chi connectivity index (χ4n) is 2.59. The summed E-state index contributed by atoms with van der Waals surface area (Å²) in [6.45, 7) is 4.95. The molecule has 2 N–H and O–H groups in total. The van der Waals surface area contributed by atoms with Gasteiger partial charge in [-0.05, 0) is 24.6 Å². The third-order valence-corrected chi connectivity index (χ3v) is 4.79. The van der Waals surface area contributed by atoms with Crippen molar-refractivity contribution in [1.29, 1.82) is 0 Å². The molecule has 134 valence electrons. The van der Waals surface area contributed by atoms with Crippen LogP contribution in [0.3, 0.4) is 0 Å². The van der Waals surface area contributed by atoms with Crippen LogP contribution in [0.2, 0.25) is 10.0 Å². The first kappa shape index (κ1) is 19.3. The van der Waals surface area contributed by atoms with Crippen molar-refractivity contribution < 1.29 is 9.84 Å². The van der Waals surface area contributed by atoms with Gasteiger partial charge in [-0.3, -0.25) is 4.99 Å². The van der Waals surface area contributed by atoms with Gasteiger partial charge in [0.05, 0.1) is 22.2 Å². The van der Waals surface area contributed by atoms with Crippen LogP contribution in [0.25, 0.3) is 0 Å². The van der Waals surface area contributed by atoms with Crippen LogP contribution in [0, 0.1) is 0 Å². The number of halogens is 2. The Morgan fingerprint density at radius 1 is 1.33 bits per heavy atom. The van der Waals surface area contributed by atoms with E-state index in [4.69, 9.17) is 27.9 Å². The molecule has 1 fully saturated rings. The molecule has 1 heterocycles. The molecule has 0 spiro atoms. The number of rotatable bonds is 5. The van der Waals surface area contributed by atoms with E-state index in [0.717, 1.165) is 18.1 Å². The maximum absolute atomic E-state index is 10.6. The highest BCUT2D eigenvalue weighted by atomic mass is 35.5. The lowest BCUT2D eigenvalue weighted by Crippen LogP contribution is -2.43. The minimum absolute atomic E-state index is 0.365. The lowest BCUT2D eigenvalue weighted by Gasteiger charge is -2.31. The molecule has 1 saturated heterocycles. The van der Waals surface area contributed by atoms with Gasteiger partial charge in [0.25, 0.3) is 0 Å². The smallest absolute Gasteiger partial charge is 0.194 e. The molecule has 0 radical (unpaired) electrons. The van der Waals surface area contributed by atoms with Crippen molar-refractivity contribution in [3.05, 3.63) is 33.8 Å². The second kappa shape index (κ2) is 8.90. The Kier molecular flexibility index (Phi) is 7.16. The monoisotopic (exact) mass is 373 g/mol. The molecule has 0 atom stereocenters. The molecule has 0 aliphatic carbocycles. The van der Waals surface area contributed by atoms with Crippen LogP contribution in [-0.4, -0.2) is 54.9 Å².